The van der Waals surface area contributed by atoms with E-state index in [0.717, 1.165) is 12.8 Å². The summed E-state index contributed by atoms with van der Waals surface area (Å²) in [5.41, 5.74) is 0. The molecule has 0 aliphatic carbocycles. The van der Waals surface area contributed by atoms with Crippen molar-refractivity contribution in [2.24, 2.45) is 5.92 Å². The molecule has 1 aliphatic rings. The van der Waals surface area contributed by atoms with Crippen LogP contribution in [0.5, 0.6) is 0 Å². The van der Waals surface area contributed by atoms with Crippen molar-refractivity contribution in [3.05, 3.63) is 0 Å². The van der Waals surface area contributed by atoms with Crippen molar-refractivity contribution in [2.45, 2.75) is 59.0 Å². The van der Waals surface area contributed by atoms with Crippen molar-refractivity contribution in [1.82, 2.24) is 10.2 Å². The molecule has 0 spiro atoms. The third-order valence-electron chi connectivity index (χ3n) is 3.66. The minimum atomic E-state index is -0.381. The predicted molar refractivity (Wildman–Crippen MR) is 78.3 cm³/mol. The Bertz CT molecular complexity index is 331. The molecule has 0 aromatic heterocycles. The van der Waals surface area contributed by atoms with Gasteiger partial charge in [-0.1, -0.05) is 34.1 Å². The molecule has 20 heavy (non-hydrogen) atoms. The van der Waals surface area contributed by atoms with E-state index in [0.29, 0.717) is 26.2 Å². The van der Waals surface area contributed by atoms with E-state index in [4.69, 9.17) is 4.74 Å². The first-order valence-corrected chi connectivity index (χ1v) is 7.71. The zero-order chi connectivity index (χ0) is 15.1. The van der Waals surface area contributed by atoms with Gasteiger partial charge in [0.2, 0.25) is 11.8 Å². The normalized spacial score (nSPS) is 23.4. The zero-order valence-electron chi connectivity index (χ0n) is 13.1. The second kappa shape index (κ2) is 8.25. The van der Waals surface area contributed by atoms with Crippen LogP contribution in [0.15, 0.2) is 0 Å². The lowest BCUT2D eigenvalue weighted by molar-refractivity contribution is -0.152. The molecule has 1 saturated heterocycles. The number of nitrogens with zero attached hydrogens (tertiary/aromatic N) is 1. The largest absolute Gasteiger partial charge is 0.380 e. The quantitative estimate of drug-likeness (QED) is 0.688. The molecule has 0 bridgehead atoms. The number of nitrogens with one attached hydrogen (secondary N) is 1. The van der Waals surface area contributed by atoms with Gasteiger partial charge in [-0.15, -0.1) is 0 Å². The first-order chi connectivity index (χ1) is 9.52. The van der Waals surface area contributed by atoms with Gasteiger partial charge >= 0.3 is 0 Å². The zero-order valence-corrected chi connectivity index (χ0v) is 13.1. The van der Waals surface area contributed by atoms with Crippen LogP contribution in [0.25, 0.3) is 0 Å². The fraction of sp³-hybridized carbons (Fsp3) is 0.867. The number of carbonyl (C=O) groups is 2. The van der Waals surface area contributed by atoms with Gasteiger partial charge in [-0.05, 0) is 18.8 Å². The molecule has 0 radical (unpaired) electrons. The van der Waals surface area contributed by atoms with E-state index < -0.39 is 0 Å². The molecular formula is C15H28N2O3. The van der Waals surface area contributed by atoms with Crippen LogP contribution >= 0.6 is 0 Å². The van der Waals surface area contributed by atoms with Crippen LogP contribution in [0.1, 0.15) is 47.0 Å². The molecule has 1 N–H and O–H groups in total. The van der Waals surface area contributed by atoms with Crippen LogP contribution in [0, 0.1) is 5.92 Å². The number of unbranched alkanes of at least 4 members (excludes halogenated alkanes) is 1. The first-order valence-electron chi connectivity index (χ1n) is 7.71. The van der Waals surface area contributed by atoms with E-state index in [9.17, 15) is 9.59 Å². The highest BCUT2D eigenvalue weighted by atomic mass is 16.5. The molecule has 2 atom stereocenters. The van der Waals surface area contributed by atoms with E-state index in [1.165, 1.54) is 0 Å². The summed E-state index contributed by atoms with van der Waals surface area (Å²) < 4.78 is 5.53. The summed E-state index contributed by atoms with van der Waals surface area (Å²) in [6.07, 6.45) is 2.75. The highest BCUT2D eigenvalue weighted by molar-refractivity contribution is 5.97. The molecule has 116 valence electrons. The number of ether oxygens (including phenoxy) is 1. The minimum absolute atomic E-state index is 0.0184. The van der Waals surface area contributed by atoms with Gasteiger partial charge in [0.25, 0.3) is 0 Å². The molecule has 2 unspecified atom stereocenters. The fourth-order valence-corrected chi connectivity index (χ4v) is 2.50. The standard InChI is InChI=1S/C15H28N2O3/c1-5-7-9-20-10-8-17-13(11(3)4)14(18)16-12(6-2)15(17)19/h11-13H,5-10H2,1-4H3,(H,16,18). The van der Waals surface area contributed by atoms with Crippen LogP contribution < -0.4 is 5.32 Å². The molecular weight excluding hydrogens is 256 g/mol. The minimum Gasteiger partial charge on any atom is -0.380 e. The average Bonchev–Trinajstić information content (AvgIpc) is 2.41. The van der Waals surface area contributed by atoms with Gasteiger partial charge in [-0.25, -0.2) is 0 Å². The van der Waals surface area contributed by atoms with E-state index in [1.807, 2.05) is 20.8 Å². The van der Waals surface area contributed by atoms with Gasteiger partial charge in [0.15, 0.2) is 0 Å². The van der Waals surface area contributed by atoms with Crippen molar-refractivity contribution in [3.63, 3.8) is 0 Å². The summed E-state index contributed by atoms with van der Waals surface area (Å²) in [5, 5.41) is 2.82. The maximum absolute atomic E-state index is 12.4. The van der Waals surface area contributed by atoms with Crippen LogP contribution in [-0.4, -0.2) is 48.6 Å². The van der Waals surface area contributed by atoms with Crippen molar-refractivity contribution >= 4 is 11.8 Å². The SMILES string of the molecule is CCCCOCCN1C(=O)C(CC)NC(=O)C1C(C)C. The lowest BCUT2D eigenvalue weighted by Gasteiger charge is -2.40. The highest BCUT2D eigenvalue weighted by Gasteiger charge is 2.40. The first kappa shape index (κ1) is 17.0. The summed E-state index contributed by atoms with van der Waals surface area (Å²) >= 11 is 0. The Labute approximate surface area is 122 Å². The van der Waals surface area contributed by atoms with Gasteiger partial charge in [0.05, 0.1) is 6.61 Å². The molecule has 1 aliphatic heterocycles. The summed E-state index contributed by atoms with van der Waals surface area (Å²) in [7, 11) is 0. The third kappa shape index (κ3) is 4.20. The summed E-state index contributed by atoms with van der Waals surface area (Å²) in [5.74, 6) is 0.0808. The Morgan fingerprint density at radius 3 is 2.50 bits per heavy atom. The van der Waals surface area contributed by atoms with Crippen molar-refractivity contribution in [2.75, 3.05) is 19.8 Å². The Morgan fingerprint density at radius 2 is 1.95 bits per heavy atom. The number of rotatable bonds is 8. The number of hydrogen-bond donors (Lipinski definition) is 1. The third-order valence-corrected chi connectivity index (χ3v) is 3.66. The molecule has 2 amide bonds. The lowest BCUT2D eigenvalue weighted by Crippen LogP contribution is -2.65. The molecule has 0 aromatic rings. The molecule has 0 aromatic carbocycles. The highest BCUT2D eigenvalue weighted by Crippen LogP contribution is 2.18. The van der Waals surface area contributed by atoms with E-state index in [1.54, 1.807) is 4.90 Å². The molecule has 1 rings (SSSR count). The van der Waals surface area contributed by atoms with Crippen molar-refractivity contribution in [3.8, 4) is 0 Å². The Hall–Kier alpha value is -1.10. The van der Waals surface area contributed by atoms with Crippen LogP contribution in [0.2, 0.25) is 0 Å². The molecule has 5 heteroatoms. The number of amides is 2. The van der Waals surface area contributed by atoms with Gasteiger partial charge in [0, 0.05) is 13.2 Å². The van der Waals surface area contributed by atoms with Gasteiger partial charge in [0.1, 0.15) is 12.1 Å². The molecule has 0 saturated carbocycles. The van der Waals surface area contributed by atoms with Gasteiger partial charge in [-0.2, -0.15) is 0 Å². The summed E-state index contributed by atoms with van der Waals surface area (Å²) in [4.78, 5) is 26.2. The Kier molecular flexibility index (Phi) is 6.99. The van der Waals surface area contributed by atoms with Crippen molar-refractivity contribution < 1.29 is 14.3 Å². The molecule has 5 nitrogen and oxygen atoms in total. The Morgan fingerprint density at radius 1 is 1.25 bits per heavy atom. The Balaban J connectivity index is 2.63. The molecule has 1 heterocycles. The maximum Gasteiger partial charge on any atom is 0.245 e. The summed E-state index contributed by atoms with van der Waals surface area (Å²) in [6, 6.07) is -0.756. The monoisotopic (exact) mass is 284 g/mol. The number of piperazine rings is 1. The number of carbonyl (C=O) groups excluding carboxylic acids is 2. The van der Waals surface area contributed by atoms with Gasteiger partial charge in [-0.3, -0.25) is 9.59 Å². The fourth-order valence-electron chi connectivity index (χ4n) is 2.50. The van der Waals surface area contributed by atoms with Crippen LogP contribution in [0.4, 0.5) is 0 Å². The van der Waals surface area contributed by atoms with E-state index >= 15 is 0 Å². The number of hydrogen-bond acceptors (Lipinski definition) is 3. The molecule has 1 fully saturated rings. The summed E-state index contributed by atoms with van der Waals surface area (Å²) in [6.45, 7) is 9.67. The second-order valence-electron chi connectivity index (χ2n) is 5.66. The second-order valence-corrected chi connectivity index (χ2v) is 5.66. The van der Waals surface area contributed by atoms with E-state index in [2.05, 4.69) is 12.2 Å². The van der Waals surface area contributed by atoms with Crippen LogP contribution in [-0.2, 0) is 14.3 Å². The topological polar surface area (TPSA) is 58.6 Å². The average molecular weight is 284 g/mol. The smallest absolute Gasteiger partial charge is 0.245 e. The predicted octanol–water partition coefficient (Wildman–Crippen LogP) is 1.56. The van der Waals surface area contributed by atoms with Crippen LogP contribution in [0.3, 0.4) is 0 Å². The maximum atomic E-state index is 12.4. The van der Waals surface area contributed by atoms with Gasteiger partial charge < -0.3 is 15.0 Å². The van der Waals surface area contributed by atoms with Crippen molar-refractivity contribution in [1.29, 1.82) is 0 Å². The van der Waals surface area contributed by atoms with E-state index in [-0.39, 0.29) is 29.8 Å². The lowest BCUT2D eigenvalue weighted by atomic mass is 9.96.